The lowest BCUT2D eigenvalue weighted by atomic mass is 10.0. The number of halogens is 1. The molecule has 0 spiro atoms. The molecular formula is C26H23ClN2O3. The highest BCUT2D eigenvalue weighted by Gasteiger charge is 2.40. The van der Waals surface area contributed by atoms with E-state index < -0.39 is 5.91 Å². The number of imide groups is 1. The second kappa shape index (κ2) is 8.89. The third-order valence-corrected chi connectivity index (χ3v) is 5.51. The monoisotopic (exact) mass is 446 g/mol. The molecule has 0 fully saturated rings. The van der Waals surface area contributed by atoms with Crippen LogP contribution in [0.5, 0.6) is 5.75 Å². The number of hydrogen-bond donors (Lipinski definition) is 1. The fourth-order valence-corrected chi connectivity index (χ4v) is 3.85. The number of carbonyl (C=O) groups is 2. The first kappa shape index (κ1) is 21.7. The quantitative estimate of drug-likeness (QED) is 0.489. The van der Waals surface area contributed by atoms with Gasteiger partial charge in [-0.15, -0.1) is 0 Å². The van der Waals surface area contributed by atoms with E-state index in [0.717, 1.165) is 11.1 Å². The smallest absolute Gasteiger partial charge is 0.282 e. The Balaban J connectivity index is 1.80. The number of rotatable bonds is 6. The van der Waals surface area contributed by atoms with Crippen LogP contribution in [0.15, 0.2) is 72.4 Å². The maximum Gasteiger partial charge on any atom is 0.282 e. The second-order valence-electron chi connectivity index (χ2n) is 7.57. The standard InChI is InChI=1S/C26H23ClN2O3/c1-4-32-21-12-7-18(8-13-21)23-24(28-22-14-9-19(27)15-17(22)3)26(31)29(25(23)30)20-10-5-16(2)6-11-20/h5-15,28H,4H2,1-3H3. The van der Waals surface area contributed by atoms with Crippen LogP contribution in [0.1, 0.15) is 23.6 Å². The van der Waals surface area contributed by atoms with Crippen molar-refractivity contribution in [2.24, 2.45) is 0 Å². The van der Waals surface area contributed by atoms with Crippen molar-refractivity contribution in [3.8, 4) is 5.75 Å². The number of carbonyl (C=O) groups excluding carboxylic acids is 2. The molecule has 1 N–H and O–H groups in total. The molecule has 5 nitrogen and oxygen atoms in total. The lowest BCUT2D eigenvalue weighted by Gasteiger charge is -2.16. The third kappa shape index (κ3) is 4.12. The van der Waals surface area contributed by atoms with E-state index in [1.54, 1.807) is 54.6 Å². The molecule has 0 saturated carbocycles. The van der Waals surface area contributed by atoms with E-state index in [1.165, 1.54) is 4.90 Å². The van der Waals surface area contributed by atoms with Crippen LogP contribution in [0.3, 0.4) is 0 Å². The van der Waals surface area contributed by atoms with Crippen LogP contribution in [-0.2, 0) is 9.59 Å². The number of ether oxygens (including phenoxy) is 1. The van der Waals surface area contributed by atoms with Gasteiger partial charge in [0.2, 0.25) is 0 Å². The van der Waals surface area contributed by atoms with Crippen LogP contribution >= 0.6 is 11.6 Å². The number of nitrogens with zero attached hydrogens (tertiary/aromatic N) is 1. The highest BCUT2D eigenvalue weighted by atomic mass is 35.5. The molecule has 0 bridgehead atoms. The lowest BCUT2D eigenvalue weighted by Crippen LogP contribution is -2.32. The van der Waals surface area contributed by atoms with Crippen molar-refractivity contribution in [1.82, 2.24) is 0 Å². The van der Waals surface area contributed by atoms with Gasteiger partial charge in [0.25, 0.3) is 11.8 Å². The number of anilines is 2. The molecule has 6 heteroatoms. The van der Waals surface area contributed by atoms with Gasteiger partial charge in [0.1, 0.15) is 11.4 Å². The summed E-state index contributed by atoms with van der Waals surface area (Å²) in [5, 5.41) is 3.79. The van der Waals surface area contributed by atoms with Gasteiger partial charge < -0.3 is 10.1 Å². The predicted molar refractivity (Wildman–Crippen MR) is 128 cm³/mol. The van der Waals surface area contributed by atoms with Crippen molar-refractivity contribution < 1.29 is 14.3 Å². The van der Waals surface area contributed by atoms with E-state index >= 15 is 0 Å². The van der Waals surface area contributed by atoms with Gasteiger partial charge >= 0.3 is 0 Å². The molecule has 1 aliphatic heterocycles. The SMILES string of the molecule is CCOc1ccc(C2=C(Nc3ccc(Cl)cc3C)C(=O)N(c3ccc(C)cc3)C2=O)cc1. The van der Waals surface area contributed by atoms with Crippen LogP contribution in [0.25, 0.3) is 5.57 Å². The molecular weight excluding hydrogens is 424 g/mol. The van der Waals surface area contributed by atoms with E-state index in [4.69, 9.17) is 16.3 Å². The van der Waals surface area contributed by atoms with Crippen molar-refractivity contribution in [2.45, 2.75) is 20.8 Å². The van der Waals surface area contributed by atoms with E-state index in [-0.39, 0.29) is 11.6 Å². The van der Waals surface area contributed by atoms with E-state index in [2.05, 4.69) is 5.32 Å². The normalized spacial score (nSPS) is 13.7. The lowest BCUT2D eigenvalue weighted by molar-refractivity contribution is -0.120. The Morgan fingerprint density at radius 2 is 1.59 bits per heavy atom. The predicted octanol–water partition coefficient (Wildman–Crippen LogP) is 5.75. The van der Waals surface area contributed by atoms with Crippen LogP contribution in [0, 0.1) is 13.8 Å². The van der Waals surface area contributed by atoms with Crippen LogP contribution in [0.4, 0.5) is 11.4 Å². The summed E-state index contributed by atoms with van der Waals surface area (Å²) in [6.45, 7) is 6.30. The fraction of sp³-hybridized carbons (Fsp3) is 0.154. The summed E-state index contributed by atoms with van der Waals surface area (Å²) in [5.74, 6) is -0.0821. The van der Waals surface area contributed by atoms with Crippen LogP contribution < -0.4 is 15.0 Å². The van der Waals surface area contributed by atoms with Crippen LogP contribution in [-0.4, -0.2) is 18.4 Å². The summed E-state index contributed by atoms with van der Waals surface area (Å²) < 4.78 is 5.52. The first-order chi connectivity index (χ1) is 15.4. The average molecular weight is 447 g/mol. The summed E-state index contributed by atoms with van der Waals surface area (Å²) in [6.07, 6.45) is 0. The Bertz CT molecular complexity index is 1210. The van der Waals surface area contributed by atoms with Gasteiger partial charge in [-0.2, -0.15) is 0 Å². The van der Waals surface area contributed by atoms with Gasteiger partial charge in [-0.3, -0.25) is 9.59 Å². The molecule has 1 heterocycles. The highest BCUT2D eigenvalue weighted by molar-refractivity contribution is 6.46. The Morgan fingerprint density at radius 3 is 2.22 bits per heavy atom. The summed E-state index contributed by atoms with van der Waals surface area (Å²) in [7, 11) is 0. The molecule has 3 aromatic rings. The molecule has 2 amide bonds. The van der Waals surface area contributed by atoms with Gasteiger partial charge in [0, 0.05) is 10.7 Å². The van der Waals surface area contributed by atoms with Crippen molar-refractivity contribution in [1.29, 1.82) is 0 Å². The molecule has 0 aromatic heterocycles. The first-order valence-electron chi connectivity index (χ1n) is 10.3. The topological polar surface area (TPSA) is 58.6 Å². The molecule has 162 valence electrons. The van der Waals surface area contributed by atoms with Crippen molar-refractivity contribution >= 4 is 40.4 Å². The zero-order chi connectivity index (χ0) is 22.8. The summed E-state index contributed by atoms with van der Waals surface area (Å²) in [5.41, 5.74) is 4.32. The van der Waals surface area contributed by atoms with Gasteiger partial charge in [-0.1, -0.05) is 41.4 Å². The van der Waals surface area contributed by atoms with E-state index in [0.29, 0.717) is 39.9 Å². The third-order valence-electron chi connectivity index (χ3n) is 5.28. The average Bonchev–Trinajstić information content (AvgIpc) is 3.01. The minimum absolute atomic E-state index is 0.227. The highest BCUT2D eigenvalue weighted by Crippen LogP contribution is 2.35. The maximum atomic E-state index is 13.5. The molecule has 0 radical (unpaired) electrons. The van der Waals surface area contributed by atoms with Gasteiger partial charge in [-0.05, 0) is 74.4 Å². The number of nitrogens with one attached hydrogen (secondary N) is 1. The Morgan fingerprint density at radius 1 is 0.906 bits per heavy atom. The zero-order valence-electron chi connectivity index (χ0n) is 18.1. The Kier molecular flexibility index (Phi) is 6.01. The minimum atomic E-state index is -0.405. The molecule has 0 aliphatic carbocycles. The zero-order valence-corrected chi connectivity index (χ0v) is 18.9. The molecule has 3 aromatic carbocycles. The van der Waals surface area contributed by atoms with Gasteiger partial charge in [0.15, 0.2) is 0 Å². The number of hydrogen-bond acceptors (Lipinski definition) is 4. The van der Waals surface area contributed by atoms with E-state index in [1.807, 2.05) is 32.9 Å². The number of aryl methyl sites for hydroxylation is 2. The molecule has 1 aliphatic rings. The Labute approximate surface area is 192 Å². The molecule has 0 unspecified atom stereocenters. The maximum absolute atomic E-state index is 13.5. The largest absolute Gasteiger partial charge is 0.494 e. The number of benzene rings is 3. The molecule has 4 rings (SSSR count). The van der Waals surface area contributed by atoms with Gasteiger partial charge in [-0.25, -0.2) is 4.90 Å². The summed E-state index contributed by atoms with van der Waals surface area (Å²) in [4.78, 5) is 28.2. The fourth-order valence-electron chi connectivity index (χ4n) is 3.63. The van der Waals surface area contributed by atoms with Crippen LogP contribution in [0.2, 0.25) is 5.02 Å². The summed E-state index contributed by atoms with van der Waals surface area (Å²) in [6, 6.07) is 19.8. The molecule has 32 heavy (non-hydrogen) atoms. The number of amides is 2. The summed E-state index contributed by atoms with van der Waals surface area (Å²) >= 11 is 6.09. The van der Waals surface area contributed by atoms with Crippen molar-refractivity contribution in [2.75, 3.05) is 16.8 Å². The van der Waals surface area contributed by atoms with Gasteiger partial charge in [0.05, 0.1) is 17.9 Å². The van der Waals surface area contributed by atoms with Crippen molar-refractivity contribution in [3.63, 3.8) is 0 Å². The Hall–Kier alpha value is -3.57. The minimum Gasteiger partial charge on any atom is -0.494 e. The molecule has 0 atom stereocenters. The van der Waals surface area contributed by atoms with Crippen molar-refractivity contribution in [3.05, 3.63) is 94.1 Å². The van der Waals surface area contributed by atoms with E-state index in [9.17, 15) is 9.59 Å². The molecule has 0 saturated heterocycles. The second-order valence-corrected chi connectivity index (χ2v) is 8.01. The first-order valence-corrected chi connectivity index (χ1v) is 10.7.